The minimum atomic E-state index is -0.964. The van der Waals surface area contributed by atoms with E-state index in [1.54, 1.807) is 12.1 Å². The Morgan fingerprint density at radius 3 is 2.54 bits per heavy atom. The lowest BCUT2D eigenvalue weighted by Gasteiger charge is -2.15. The van der Waals surface area contributed by atoms with E-state index in [-0.39, 0.29) is 29.1 Å². The summed E-state index contributed by atoms with van der Waals surface area (Å²) >= 11 is 23.8. The smallest absolute Gasteiger partial charge is 0.261 e. The average Bonchev–Trinajstić information content (AvgIpc) is 2.57. The molecule has 1 N–H and O–H groups in total. The molecule has 2 aromatic carbocycles. The van der Waals surface area contributed by atoms with Gasteiger partial charge in [-0.05, 0) is 30.3 Å². The largest absolute Gasteiger partial charge is 0.489 e. The van der Waals surface area contributed by atoms with Crippen LogP contribution in [0.15, 0.2) is 41.5 Å². The molecule has 1 heterocycles. The third kappa shape index (κ3) is 4.24. The van der Waals surface area contributed by atoms with Crippen LogP contribution >= 0.6 is 46.4 Å². The predicted octanol–water partition coefficient (Wildman–Crippen LogP) is 4.45. The Kier molecular flexibility index (Phi) is 5.95. The van der Waals surface area contributed by atoms with E-state index in [2.05, 4.69) is 4.98 Å². The maximum Gasteiger partial charge on any atom is 0.261 e. The highest BCUT2D eigenvalue weighted by atomic mass is 35.5. The van der Waals surface area contributed by atoms with Crippen LogP contribution in [0.2, 0.25) is 20.1 Å². The molecule has 0 amide bonds. The van der Waals surface area contributed by atoms with Crippen molar-refractivity contribution in [3.63, 3.8) is 0 Å². The number of aliphatic hydroxyl groups excluding tert-OH is 1. The van der Waals surface area contributed by atoms with E-state index in [1.165, 1.54) is 29.1 Å². The van der Waals surface area contributed by atoms with Gasteiger partial charge in [0.2, 0.25) is 0 Å². The summed E-state index contributed by atoms with van der Waals surface area (Å²) in [5.41, 5.74) is -0.000946. The van der Waals surface area contributed by atoms with Crippen LogP contribution in [0.1, 0.15) is 0 Å². The van der Waals surface area contributed by atoms with Gasteiger partial charge in [0.15, 0.2) is 0 Å². The zero-order valence-corrected chi connectivity index (χ0v) is 16.1. The minimum Gasteiger partial charge on any atom is -0.489 e. The second kappa shape index (κ2) is 8.03. The molecule has 0 bridgehead atoms. The highest BCUT2D eigenvalue weighted by Gasteiger charge is 2.13. The van der Waals surface area contributed by atoms with E-state index >= 15 is 0 Å². The molecule has 0 fully saturated rings. The van der Waals surface area contributed by atoms with Gasteiger partial charge in [-0.15, -0.1) is 0 Å². The molecular formula is C17H12Cl4N2O3. The lowest BCUT2D eigenvalue weighted by Crippen LogP contribution is -2.30. The van der Waals surface area contributed by atoms with Gasteiger partial charge in [-0.3, -0.25) is 9.36 Å². The lowest BCUT2D eigenvalue weighted by atomic mass is 10.2. The van der Waals surface area contributed by atoms with Crippen molar-refractivity contribution < 1.29 is 9.84 Å². The average molecular weight is 434 g/mol. The molecule has 0 saturated heterocycles. The number of ether oxygens (including phenoxy) is 1. The van der Waals surface area contributed by atoms with Gasteiger partial charge in [0.1, 0.15) is 18.5 Å². The monoisotopic (exact) mass is 432 g/mol. The Bertz CT molecular complexity index is 1020. The van der Waals surface area contributed by atoms with Crippen molar-refractivity contribution in [2.24, 2.45) is 0 Å². The molecule has 0 spiro atoms. The molecule has 0 aliphatic carbocycles. The third-order valence-electron chi connectivity index (χ3n) is 3.58. The van der Waals surface area contributed by atoms with Gasteiger partial charge in [0, 0.05) is 10.0 Å². The first-order valence-corrected chi connectivity index (χ1v) is 8.96. The van der Waals surface area contributed by atoms with Crippen molar-refractivity contribution in [2.75, 3.05) is 6.61 Å². The molecule has 3 rings (SSSR count). The molecule has 1 aromatic heterocycles. The Balaban J connectivity index is 1.76. The second-order valence-corrected chi connectivity index (χ2v) is 7.21. The number of hydrogen-bond donors (Lipinski definition) is 1. The van der Waals surface area contributed by atoms with Gasteiger partial charge >= 0.3 is 0 Å². The van der Waals surface area contributed by atoms with Crippen LogP contribution in [-0.2, 0) is 6.54 Å². The molecule has 26 heavy (non-hydrogen) atoms. The number of aliphatic hydroxyl groups is 1. The van der Waals surface area contributed by atoms with E-state index in [1.807, 2.05) is 0 Å². The van der Waals surface area contributed by atoms with Gasteiger partial charge in [0.05, 0.1) is 33.8 Å². The third-order valence-corrected chi connectivity index (χ3v) is 4.62. The molecule has 5 nitrogen and oxygen atoms in total. The Morgan fingerprint density at radius 2 is 1.81 bits per heavy atom. The number of nitrogens with zero attached hydrogens (tertiary/aromatic N) is 2. The van der Waals surface area contributed by atoms with Crippen LogP contribution in [0.5, 0.6) is 5.75 Å². The zero-order chi connectivity index (χ0) is 18.8. The maximum absolute atomic E-state index is 12.6. The summed E-state index contributed by atoms with van der Waals surface area (Å²) in [6, 6.07) is 7.77. The number of hydrogen-bond acceptors (Lipinski definition) is 4. The van der Waals surface area contributed by atoms with Crippen molar-refractivity contribution in [1.29, 1.82) is 0 Å². The molecule has 0 saturated carbocycles. The standard InChI is InChI=1S/C17H12Cl4N2O3/c18-9-1-2-15(13(20)4-9)26-7-11(24)6-23-8-22-16-12(17(23)25)3-10(19)5-14(16)21/h1-5,8,11,24H,6-7H2. The Labute approximate surface area is 168 Å². The first kappa shape index (κ1) is 19.3. The topological polar surface area (TPSA) is 64.4 Å². The van der Waals surface area contributed by atoms with Gasteiger partial charge in [0.25, 0.3) is 5.56 Å². The first-order chi connectivity index (χ1) is 12.3. The number of aromatic nitrogens is 2. The van der Waals surface area contributed by atoms with Gasteiger partial charge in [-0.25, -0.2) is 4.98 Å². The Morgan fingerprint density at radius 1 is 1.08 bits per heavy atom. The van der Waals surface area contributed by atoms with Crippen LogP contribution in [-0.4, -0.2) is 27.4 Å². The molecule has 0 radical (unpaired) electrons. The van der Waals surface area contributed by atoms with E-state index in [9.17, 15) is 9.90 Å². The number of benzene rings is 2. The zero-order valence-electron chi connectivity index (χ0n) is 13.1. The normalized spacial score (nSPS) is 12.3. The summed E-state index contributed by atoms with van der Waals surface area (Å²) in [5, 5.41) is 11.9. The first-order valence-electron chi connectivity index (χ1n) is 7.45. The summed E-state index contributed by atoms with van der Waals surface area (Å²) in [4.78, 5) is 16.7. The molecule has 9 heteroatoms. The lowest BCUT2D eigenvalue weighted by molar-refractivity contribution is 0.0915. The van der Waals surface area contributed by atoms with E-state index in [4.69, 9.17) is 51.1 Å². The minimum absolute atomic E-state index is 0.0168. The van der Waals surface area contributed by atoms with Crippen LogP contribution < -0.4 is 10.3 Å². The molecule has 0 aliphatic rings. The van der Waals surface area contributed by atoms with Crippen LogP contribution in [0.25, 0.3) is 10.9 Å². The fourth-order valence-corrected chi connectivity index (χ4v) is 3.39. The SMILES string of the molecule is O=c1c2cc(Cl)cc(Cl)c2ncn1CC(O)COc1ccc(Cl)cc1Cl. The fraction of sp³-hybridized carbons (Fsp3) is 0.176. The predicted molar refractivity (Wildman–Crippen MR) is 104 cm³/mol. The number of fused-ring (bicyclic) bond motifs is 1. The fourth-order valence-electron chi connectivity index (χ4n) is 2.38. The van der Waals surface area contributed by atoms with E-state index in [0.717, 1.165) is 0 Å². The van der Waals surface area contributed by atoms with Crippen molar-refractivity contribution >= 4 is 57.3 Å². The van der Waals surface area contributed by atoms with Crippen LogP contribution in [0, 0.1) is 0 Å². The highest BCUT2D eigenvalue weighted by molar-refractivity contribution is 6.38. The molecule has 3 aromatic rings. The van der Waals surface area contributed by atoms with Crippen molar-refractivity contribution in [2.45, 2.75) is 12.6 Å². The van der Waals surface area contributed by atoms with Crippen LogP contribution in [0.4, 0.5) is 0 Å². The summed E-state index contributed by atoms with van der Waals surface area (Å²) in [6.07, 6.45) is 0.358. The Hall–Kier alpha value is -1.50. The van der Waals surface area contributed by atoms with Crippen LogP contribution in [0.3, 0.4) is 0 Å². The second-order valence-electron chi connectivity index (χ2n) is 5.53. The highest BCUT2D eigenvalue weighted by Crippen LogP contribution is 2.27. The number of rotatable bonds is 5. The van der Waals surface area contributed by atoms with Crippen molar-refractivity contribution in [3.8, 4) is 5.75 Å². The summed E-state index contributed by atoms with van der Waals surface area (Å²) in [5.74, 6) is 0.387. The van der Waals surface area contributed by atoms with E-state index < -0.39 is 6.10 Å². The van der Waals surface area contributed by atoms with Crippen molar-refractivity contribution in [3.05, 3.63) is 67.1 Å². The summed E-state index contributed by atoms with van der Waals surface area (Å²) in [7, 11) is 0. The van der Waals surface area contributed by atoms with Crippen molar-refractivity contribution in [1.82, 2.24) is 9.55 Å². The molecular weight excluding hydrogens is 422 g/mol. The van der Waals surface area contributed by atoms with Gasteiger partial charge < -0.3 is 9.84 Å². The molecule has 0 aliphatic heterocycles. The van der Waals surface area contributed by atoms with Gasteiger partial charge in [-0.2, -0.15) is 0 Å². The summed E-state index contributed by atoms with van der Waals surface area (Å²) in [6.45, 7) is -0.0841. The van der Waals surface area contributed by atoms with E-state index in [0.29, 0.717) is 26.3 Å². The summed E-state index contributed by atoms with van der Waals surface area (Å²) < 4.78 is 6.74. The maximum atomic E-state index is 12.6. The van der Waals surface area contributed by atoms with Gasteiger partial charge in [-0.1, -0.05) is 46.4 Å². The molecule has 1 atom stereocenters. The number of halogens is 4. The molecule has 136 valence electrons. The molecule has 1 unspecified atom stereocenters. The quantitative estimate of drug-likeness (QED) is 0.645.